The van der Waals surface area contributed by atoms with Gasteiger partial charge in [0.15, 0.2) is 0 Å². The van der Waals surface area contributed by atoms with Gasteiger partial charge in [0.05, 0.1) is 24.7 Å². The molecule has 0 amide bonds. The molecule has 0 saturated heterocycles. The Bertz CT molecular complexity index is 437. The third kappa shape index (κ3) is 15.3. The number of hydrogen-bond acceptors (Lipinski definition) is 6. The zero-order valence-corrected chi connectivity index (χ0v) is 11.0. The minimum absolute atomic E-state index is 0.0306. The van der Waals surface area contributed by atoms with E-state index in [0.29, 0.717) is 0 Å². The highest BCUT2D eigenvalue weighted by Crippen LogP contribution is 1.84. The molecule has 0 rings (SSSR count). The van der Waals surface area contributed by atoms with Gasteiger partial charge in [0.1, 0.15) is 13.2 Å². The minimum atomic E-state index is -4.02. The predicted octanol–water partition coefficient (Wildman–Crippen LogP) is -1.20. The molecule has 0 aromatic carbocycles. The largest absolute Gasteiger partial charge is 0.368 e. The number of hydrogen-bond donors (Lipinski definition) is 2. The maximum atomic E-state index is 10.3. The Labute approximate surface area is 106 Å². The maximum absolute atomic E-state index is 10.3. The van der Waals surface area contributed by atoms with Crippen LogP contribution in [0.2, 0.25) is 0 Å². The Morgan fingerprint density at radius 3 is 1.39 bits per heavy atom. The number of rotatable bonds is 8. The quantitative estimate of drug-likeness (QED) is 0.325. The molecule has 106 valence electrons. The van der Waals surface area contributed by atoms with Crippen LogP contribution in [-0.4, -0.2) is 63.9 Å². The van der Waals surface area contributed by atoms with Gasteiger partial charge in [0, 0.05) is 0 Å². The summed E-state index contributed by atoms with van der Waals surface area (Å²) >= 11 is 0. The van der Waals surface area contributed by atoms with Crippen LogP contribution in [0, 0.1) is 11.8 Å². The van der Waals surface area contributed by atoms with Gasteiger partial charge >= 0.3 is 0 Å². The second kappa shape index (κ2) is 8.41. The fourth-order valence-corrected chi connectivity index (χ4v) is 1.33. The van der Waals surface area contributed by atoms with Crippen LogP contribution in [0.25, 0.3) is 0 Å². The van der Waals surface area contributed by atoms with E-state index in [0.717, 1.165) is 0 Å². The summed E-state index contributed by atoms with van der Waals surface area (Å²) in [6.07, 6.45) is 0. The van der Waals surface area contributed by atoms with Crippen molar-refractivity contribution in [3.05, 3.63) is 0 Å². The van der Waals surface area contributed by atoms with Gasteiger partial charge in [-0.2, -0.15) is 16.8 Å². The molecule has 0 aliphatic carbocycles. The molecule has 0 bridgehead atoms. The van der Waals surface area contributed by atoms with Crippen LogP contribution < -0.4 is 0 Å². The molecule has 0 unspecified atom stereocenters. The summed E-state index contributed by atoms with van der Waals surface area (Å²) in [5, 5.41) is 0. The summed E-state index contributed by atoms with van der Waals surface area (Å²) in [4.78, 5) is 0. The van der Waals surface area contributed by atoms with Gasteiger partial charge in [-0.25, -0.2) is 0 Å². The molecular weight excluding hydrogens is 288 g/mol. The van der Waals surface area contributed by atoms with E-state index in [9.17, 15) is 16.8 Å². The molecule has 0 saturated carbocycles. The van der Waals surface area contributed by atoms with E-state index in [-0.39, 0.29) is 26.4 Å². The molecule has 0 spiro atoms. The van der Waals surface area contributed by atoms with Crippen LogP contribution in [0.15, 0.2) is 0 Å². The highest BCUT2D eigenvalue weighted by Gasteiger charge is 2.03. The molecule has 0 radical (unpaired) electrons. The van der Waals surface area contributed by atoms with Crippen molar-refractivity contribution >= 4 is 20.2 Å². The van der Waals surface area contributed by atoms with E-state index in [1.807, 2.05) is 0 Å². The van der Waals surface area contributed by atoms with Crippen molar-refractivity contribution in [2.45, 2.75) is 0 Å². The monoisotopic (exact) mass is 302 g/mol. The molecule has 0 heterocycles. The molecule has 8 nitrogen and oxygen atoms in total. The van der Waals surface area contributed by atoms with E-state index in [2.05, 4.69) is 11.8 Å². The summed E-state index contributed by atoms with van der Waals surface area (Å²) < 4.78 is 67.3. The van der Waals surface area contributed by atoms with Crippen LogP contribution in [0.3, 0.4) is 0 Å². The molecule has 0 aliphatic rings. The Morgan fingerprint density at radius 2 is 1.11 bits per heavy atom. The first kappa shape index (κ1) is 17.3. The smallest absolute Gasteiger partial charge is 0.267 e. The predicted molar refractivity (Wildman–Crippen MR) is 62.2 cm³/mol. The van der Waals surface area contributed by atoms with Gasteiger partial charge in [0.25, 0.3) is 20.2 Å². The third-order valence-electron chi connectivity index (χ3n) is 1.44. The molecule has 10 heteroatoms. The standard InChI is InChI=1S/C8H14O8S2/c9-17(10,11)7-5-15-3-1-2-4-16-6-8-18(12,13)14/h3-8H2,(H,9,10,11)(H,12,13,14). The zero-order chi connectivity index (χ0) is 14.1. The third-order valence-corrected chi connectivity index (χ3v) is 2.81. The summed E-state index contributed by atoms with van der Waals surface area (Å²) in [5.74, 6) is 3.97. The Morgan fingerprint density at radius 1 is 0.778 bits per heavy atom. The topological polar surface area (TPSA) is 127 Å². The second-order valence-corrected chi connectivity index (χ2v) is 6.17. The van der Waals surface area contributed by atoms with Crippen LogP contribution in [-0.2, 0) is 29.7 Å². The summed E-state index contributed by atoms with van der Waals surface area (Å²) in [6.45, 7) is -0.400. The fourth-order valence-electron chi connectivity index (χ4n) is 0.677. The highest BCUT2D eigenvalue weighted by molar-refractivity contribution is 7.86. The molecule has 2 N–H and O–H groups in total. The van der Waals surface area contributed by atoms with E-state index >= 15 is 0 Å². The Kier molecular flexibility index (Phi) is 8.08. The van der Waals surface area contributed by atoms with Crippen molar-refractivity contribution in [2.24, 2.45) is 0 Å². The lowest BCUT2D eigenvalue weighted by Gasteiger charge is -1.97. The van der Waals surface area contributed by atoms with Crippen molar-refractivity contribution in [3.63, 3.8) is 0 Å². The average molecular weight is 302 g/mol. The molecular formula is C8H14O8S2. The lowest BCUT2D eigenvalue weighted by molar-refractivity contribution is 0.177. The SMILES string of the molecule is O=S(=O)(O)CCOCC#CCOCCS(=O)(=O)O. The molecule has 0 aromatic rings. The molecule has 0 aliphatic heterocycles. The molecule has 0 fully saturated rings. The first-order valence-electron chi connectivity index (χ1n) is 4.72. The van der Waals surface area contributed by atoms with Crippen LogP contribution >= 0.6 is 0 Å². The summed E-state index contributed by atoms with van der Waals surface area (Å²) in [6, 6.07) is 0. The highest BCUT2D eigenvalue weighted by atomic mass is 32.2. The fraction of sp³-hybridized carbons (Fsp3) is 0.750. The Hall–Kier alpha value is -0.700. The van der Waals surface area contributed by atoms with Crippen molar-refractivity contribution in [3.8, 4) is 11.8 Å². The average Bonchev–Trinajstić information content (AvgIpc) is 2.17. The maximum Gasteiger partial charge on any atom is 0.267 e. The van der Waals surface area contributed by atoms with Gasteiger partial charge in [0.2, 0.25) is 0 Å². The normalized spacial score (nSPS) is 11.9. The molecule has 0 atom stereocenters. The lowest BCUT2D eigenvalue weighted by atomic mass is 10.6. The molecule has 18 heavy (non-hydrogen) atoms. The van der Waals surface area contributed by atoms with Crippen LogP contribution in [0.4, 0.5) is 0 Å². The first-order chi connectivity index (χ1) is 8.21. The van der Waals surface area contributed by atoms with E-state index in [4.69, 9.17) is 18.6 Å². The van der Waals surface area contributed by atoms with Crippen LogP contribution in [0.5, 0.6) is 0 Å². The lowest BCUT2D eigenvalue weighted by Crippen LogP contribution is -2.11. The van der Waals surface area contributed by atoms with Crippen LogP contribution in [0.1, 0.15) is 0 Å². The van der Waals surface area contributed by atoms with Gasteiger partial charge in [-0.3, -0.25) is 9.11 Å². The minimum Gasteiger partial charge on any atom is -0.368 e. The second-order valence-electron chi connectivity index (χ2n) is 3.03. The summed E-state index contributed by atoms with van der Waals surface area (Å²) in [7, 11) is -8.04. The van der Waals surface area contributed by atoms with Crippen molar-refractivity contribution in [1.82, 2.24) is 0 Å². The van der Waals surface area contributed by atoms with Gasteiger partial charge < -0.3 is 9.47 Å². The van der Waals surface area contributed by atoms with Gasteiger partial charge in [-0.15, -0.1) is 0 Å². The first-order valence-corrected chi connectivity index (χ1v) is 7.94. The van der Waals surface area contributed by atoms with Crippen molar-refractivity contribution in [1.29, 1.82) is 0 Å². The van der Waals surface area contributed by atoms with E-state index < -0.39 is 31.7 Å². The summed E-state index contributed by atoms with van der Waals surface area (Å²) in [5.41, 5.74) is 0. The van der Waals surface area contributed by atoms with Gasteiger partial charge in [-0.1, -0.05) is 11.8 Å². The van der Waals surface area contributed by atoms with E-state index in [1.54, 1.807) is 0 Å². The van der Waals surface area contributed by atoms with Gasteiger partial charge in [-0.05, 0) is 0 Å². The molecule has 0 aromatic heterocycles. The van der Waals surface area contributed by atoms with Crippen molar-refractivity contribution < 1.29 is 35.4 Å². The number of ether oxygens (including phenoxy) is 2. The van der Waals surface area contributed by atoms with Crippen molar-refractivity contribution in [2.75, 3.05) is 37.9 Å². The van der Waals surface area contributed by atoms with E-state index in [1.165, 1.54) is 0 Å². The zero-order valence-electron chi connectivity index (χ0n) is 9.40. The Balaban J connectivity index is 3.46.